The standard InChI is InChI=1S/C15H22FNO2/c1-4-5-6-7-11(2)17-15(18)13-9-8-12(19-3)10-14(13)16/h8-11H,4-7H2,1-3H3,(H,17,18). The number of nitrogens with one attached hydrogen (secondary N) is 1. The fourth-order valence-corrected chi connectivity index (χ4v) is 1.88. The molecule has 0 aliphatic carbocycles. The maximum atomic E-state index is 13.7. The van der Waals surface area contributed by atoms with Gasteiger partial charge in [-0.15, -0.1) is 0 Å². The van der Waals surface area contributed by atoms with Crippen LogP contribution in [0.3, 0.4) is 0 Å². The van der Waals surface area contributed by atoms with E-state index < -0.39 is 5.82 Å². The van der Waals surface area contributed by atoms with Crippen molar-refractivity contribution in [3.8, 4) is 5.75 Å². The number of halogens is 1. The molecule has 0 fully saturated rings. The van der Waals surface area contributed by atoms with E-state index in [-0.39, 0.29) is 17.5 Å². The van der Waals surface area contributed by atoms with Gasteiger partial charge in [-0.2, -0.15) is 0 Å². The summed E-state index contributed by atoms with van der Waals surface area (Å²) in [5.74, 6) is -0.521. The monoisotopic (exact) mass is 267 g/mol. The maximum Gasteiger partial charge on any atom is 0.254 e. The molecule has 0 saturated heterocycles. The van der Waals surface area contributed by atoms with Crippen molar-refractivity contribution in [3.05, 3.63) is 29.6 Å². The highest BCUT2D eigenvalue weighted by molar-refractivity contribution is 5.94. The Morgan fingerprint density at radius 3 is 2.74 bits per heavy atom. The summed E-state index contributed by atoms with van der Waals surface area (Å²) < 4.78 is 18.6. The van der Waals surface area contributed by atoms with Crippen LogP contribution in [0.4, 0.5) is 4.39 Å². The first-order chi connectivity index (χ1) is 9.08. The van der Waals surface area contributed by atoms with E-state index in [2.05, 4.69) is 12.2 Å². The molecule has 1 rings (SSSR count). The van der Waals surface area contributed by atoms with Crippen LogP contribution >= 0.6 is 0 Å². The molecule has 1 aromatic carbocycles. The van der Waals surface area contributed by atoms with E-state index >= 15 is 0 Å². The zero-order valence-electron chi connectivity index (χ0n) is 11.8. The van der Waals surface area contributed by atoms with Gasteiger partial charge in [0, 0.05) is 12.1 Å². The first kappa shape index (κ1) is 15.5. The molecule has 19 heavy (non-hydrogen) atoms. The van der Waals surface area contributed by atoms with Crippen molar-refractivity contribution >= 4 is 5.91 Å². The first-order valence-corrected chi connectivity index (χ1v) is 6.72. The zero-order valence-corrected chi connectivity index (χ0v) is 11.8. The Hall–Kier alpha value is -1.58. The predicted octanol–water partition coefficient (Wildman–Crippen LogP) is 3.53. The molecule has 1 unspecified atom stereocenters. The lowest BCUT2D eigenvalue weighted by molar-refractivity contribution is 0.0934. The van der Waals surface area contributed by atoms with E-state index in [4.69, 9.17) is 4.74 Å². The SMILES string of the molecule is CCCCCC(C)NC(=O)c1ccc(OC)cc1F. The highest BCUT2D eigenvalue weighted by Crippen LogP contribution is 2.16. The number of unbranched alkanes of at least 4 members (excludes halogenated alkanes) is 2. The van der Waals surface area contributed by atoms with Crippen molar-refractivity contribution in [3.63, 3.8) is 0 Å². The molecular formula is C15H22FNO2. The lowest BCUT2D eigenvalue weighted by Crippen LogP contribution is -2.33. The van der Waals surface area contributed by atoms with E-state index in [0.29, 0.717) is 5.75 Å². The van der Waals surface area contributed by atoms with Gasteiger partial charge in [-0.25, -0.2) is 4.39 Å². The molecule has 106 valence electrons. The van der Waals surface area contributed by atoms with Crippen LogP contribution < -0.4 is 10.1 Å². The van der Waals surface area contributed by atoms with Crippen LogP contribution in [0.25, 0.3) is 0 Å². The Morgan fingerprint density at radius 2 is 2.16 bits per heavy atom. The number of ether oxygens (including phenoxy) is 1. The number of carbonyl (C=O) groups excluding carboxylic acids is 1. The Labute approximate surface area is 114 Å². The Bertz CT molecular complexity index is 421. The molecule has 4 heteroatoms. The highest BCUT2D eigenvalue weighted by Gasteiger charge is 2.14. The molecular weight excluding hydrogens is 245 g/mol. The number of methoxy groups -OCH3 is 1. The first-order valence-electron chi connectivity index (χ1n) is 6.72. The van der Waals surface area contributed by atoms with Crippen molar-refractivity contribution in [2.75, 3.05) is 7.11 Å². The molecule has 0 spiro atoms. The average Bonchev–Trinajstić information content (AvgIpc) is 2.38. The van der Waals surface area contributed by atoms with Gasteiger partial charge in [0.15, 0.2) is 0 Å². The van der Waals surface area contributed by atoms with Crippen LogP contribution in [-0.4, -0.2) is 19.1 Å². The largest absolute Gasteiger partial charge is 0.497 e. The van der Waals surface area contributed by atoms with Crippen LogP contribution in [-0.2, 0) is 0 Å². The highest BCUT2D eigenvalue weighted by atomic mass is 19.1. The summed E-state index contributed by atoms with van der Waals surface area (Å²) in [6.07, 6.45) is 4.28. The van der Waals surface area contributed by atoms with Crippen molar-refractivity contribution < 1.29 is 13.9 Å². The lowest BCUT2D eigenvalue weighted by Gasteiger charge is -2.14. The summed E-state index contributed by atoms with van der Waals surface area (Å²) in [6.45, 7) is 4.07. The summed E-state index contributed by atoms with van der Waals surface area (Å²) in [6, 6.07) is 4.30. The lowest BCUT2D eigenvalue weighted by atomic mass is 10.1. The molecule has 3 nitrogen and oxygen atoms in total. The third kappa shape index (κ3) is 4.89. The van der Waals surface area contributed by atoms with E-state index in [1.165, 1.54) is 19.2 Å². The van der Waals surface area contributed by atoms with Gasteiger partial charge in [0.05, 0.1) is 12.7 Å². The molecule has 0 saturated carbocycles. The van der Waals surface area contributed by atoms with Crippen molar-refractivity contribution in [2.45, 2.75) is 45.6 Å². The summed E-state index contributed by atoms with van der Waals surface area (Å²) in [5.41, 5.74) is 0.0585. The minimum atomic E-state index is -0.558. The fraction of sp³-hybridized carbons (Fsp3) is 0.533. The maximum absolute atomic E-state index is 13.7. The summed E-state index contributed by atoms with van der Waals surface area (Å²) in [7, 11) is 1.46. The van der Waals surface area contributed by atoms with E-state index in [1.54, 1.807) is 6.07 Å². The van der Waals surface area contributed by atoms with Gasteiger partial charge in [-0.1, -0.05) is 26.2 Å². The summed E-state index contributed by atoms with van der Waals surface area (Å²) in [4.78, 5) is 11.9. The van der Waals surface area contributed by atoms with E-state index in [1.807, 2.05) is 6.92 Å². The molecule has 1 N–H and O–H groups in total. The molecule has 0 aromatic heterocycles. The third-order valence-electron chi connectivity index (χ3n) is 3.04. The predicted molar refractivity (Wildman–Crippen MR) is 74.0 cm³/mol. The minimum Gasteiger partial charge on any atom is -0.497 e. The Morgan fingerprint density at radius 1 is 1.42 bits per heavy atom. The van der Waals surface area contributed by atoms with Crippen molar-refractivity contribution in [2.24, 2.45) is 0 Å². The quantitative estimate of drug-likeness (QED) is 0.767. The van der Waals surface area contributed by atoms with E-state index in [0.717, 1.165) is 25.7 Å². The van der Waals surface area contributed by atoms with Gasteiger partial charge in [-0.05, 0) is 25.5 Å². The molecule has 1 aromatic rings. The topological polar surface area (TPSA) is 38.3 Å². The molecule has 0 bridgehead atoms. The van der Waals surface area contributed by atoms with Crippen molar-refractivity contribution in [1.29, 1.82) is 0 Å². The van der Waals surface area contributed by atoms with Crippen LogP contribution in [0.15, 0.2) is 18.2 Å². The molecule has 0 heterocycles. The van der Waals surface area contributed by atoms with Gasteiger partial charge in [0.25, 0.3) is 5.91 Å². The summed E-state index contributed by atoms with van der Waals surface area (Å²) >= 11 is 0. The second kappa shape index (κ2) is 7.77. The van der Waals surface area contributed by atoms with Crippen molar-refractivity contribution in [1.82, 2.24) is 5.32 Å². The molecule has 0 radical (unpaired) electrons. The van der Waals surface area contributed by atoms with Gasteiger partial charge in [0.2, 0.25) is 0 Å². The second-order valence-corrected chi connectivity index (χ2v) is 4.72. The fourth-order valence-electron chi connectivity index (χ4n) is 1.88. The van der Waals surface area contributed by atoms with Crippen LogP contribution in [0.1, 0.15) is 49.9 Å². The number of carbonyl (C=O) groups is 1. The van der Waals surface area contributed by atoms with E-state index in [9.17, 15) is 9.18 Å². The number of hydrogen-bond acceptors (Lipinski definition) is 2. The molecule has 1 atom stereocenters. The second-order valence-electron chi connectivity index (χ2n) is 4.72. The number of amides is 1. The van der Waals surface area contributed by atoms with Gasteiger partial charge in [0.1, 0.15) is 11.6 Å². The van der Waals surface area contributed by atoms with Crippen LogP contribution in [0.2, 0.25) is 0 Å². The average molecular weight is 267 g/mol. The van der Waals surface area contributed by atoms with Crippen LogP contribution in [0, 0.1) is 5.82 Å². The number of hydrogen-bond donors (Lipinski definition) is 1. The molecule has 1 amide bonds. The third-order valence-corrected chi connectivity index (χ3v) is 3.04. The Balaban J connectivity index is 2.57. The minimum absolute atomic E-state index is 0.0561. The normalized spacial score (nSPS) is 12.0. The number of rotatable bonds is 7. The van der Waals surface area contributed by atoms with Gasteiger partial charge >= 0.3 is 0 Å². The zero-order chi connectivity index (χ0) is 14.3. The van der Waals surface area contributed by atoms with Gasteiger partial charge in [-0.3, -0.25) is 4.79 Å². The van der Waals surface area contributed by atoms with Gasteiger partial charge < -0.3 is 10.1 Å². The smallest absolute Gasteiger partial charge is 0.254 e. The summed E-state index contributed by atoms with van der Waals surface area (Å²) in [5, 5.41) is 2.81. The Kier molecular flexibility index (Phi) is 6.33. The molecule has 0 aliphatic heterocycles. The van der Waals surface area contributed by atoms with Crippen LogP contribution in [0.5, 0.6) is 5.75 Å². The number of benzene rings is 1. The molecule has 0 aliphatic rings.